The first-order chi connectivity index (χ1) is 9.15. The van der Waals surface area contributed by atoms with E-state index in [0.29, 0.717) is 11.6 Å². The highest BCUT2D eigenvalue weighted by atomic mass is 35.5. The van der Waals surface area contributed by atoms with Gasteiger partial charge < -0.3 is 10.5 Å². The number of aryl methyl sites for hydroxylation is 1. The van der Waals surface area contributed by atoms with Crippen LogP contribution in [-0.2, 0) is 6.42 Å². The summed E-state index contributed by atoms with van der Waals surface area (Å²) in [6, 6.07) is 7.52. The number of rotatable bonds is 4. The van der Waals surface area contributed by atoms with Crippen molar-refractivity contribution in [3.05, 3.63) is 40.5 Å². The van der Waals surface area contributed by atoms with Gasteiger partial charge in [-0.1, -0.05) is 11.6 Å². The van der Waals surface area contributed by atoms with Crippen molar-refractivity contribution in [1.29, 1.82) is 0 Å². The SMILES string of the molecule is COc1c(C)cc(Cl)cc1-c1ccc(CCN)nn1. The normalized spacial score (nSPS) is 10.5. The highest BCUT2D eigenvalue weighted by Gasteiger charge is 2.12. The maximum Gasteiger partial charge on any atom is 0.131 e. The van der Waals surface area contributed by atoms with Crippen molar-refractivity contribution in [2.45, 2.75) is 13.3 Å². The average Bonchev–Trinajstić information content (AvgIpc) is 2.39. The molecule has 100 valence electrons. The van der Waals surface area contributed by atoms with E-state index in [4.69, 9.17) is 22.1 Å². The monoisotopic (exact) mass is 277 g/mol. The van der Waals surface area contributed by atoms with Crippen LogP contribution in [0.15, 0.2) is 24.3 Å². The van der Waals surface area contributed by atoms with Gasteiger partial charge in [0.25, 0.3) is 0 Å². The first kappa shape index (κ1) is 13.8. The summed E-state index contributed by atoms with van der Waals surface area (Å²) >= 11 is 6.09. The summed E-state index contributed by atoms with van der Waals surface area (Å²) in [5.41, 5.74) is 8.92. The molecule has 1 heterocycles. The van der Waals surface area contributed by atoms with E-state index in [1.807, 2.05) is 31.2 Å². The van der Waals surface area contributed by atoms with Crippen LogP contribution in [0.5, 0.6) is 5.75 Å². The van der Waals surface area contributed by atoms with Gasteiger partial charge in [-0.2, -0.15) is 10.2 Å². The zero-order valence-corrected chi connectivity index (χ0v) is 11.7. The number of halogens is 1. The number of ether oxygens (including phenoxy) is 1. The van der Waals surface area contributed by atoms with Crippen LogP contribution >= 0.6 is 11.6 Å². The molecule has 0 radical (unpaired) electrons. The van der Waals surface area contributed by atoms with Gasteiger partial charge in [0.15, 0.2) is 0 Å². The molecule has 0 fully saturated rings. The lowest BCUT2D eigenvalue weighted by atomic mass is 10.1. The zero-order chi connectivity index (χ0) is 13.8. The van der Waals surface area contributed by atoms with Gasteiger partial charge in [0.2, 0.25) is 0 Å². The molecule has 0 saturated carbocycles. The van der Waals surface area contributed by atoms with E-state index in [9.17, 15) is 0 Å². The predicted molar refractivity (Wildman–Crippen MR) is 76.5 cm³/mol. The second-order valence-electron chi connectivity index (χ2n) is 4.25. The van der Waals surface area contributed by atoms with Crippen LogP contribution in [-0.4, -0.2) is 23.9 Å². The predicted octanol–water partition coefficient (Wildman–Crippen LogP) is 2.62. The summed E-state index contributed by atoms with van der Waals surface area (Å²) in [6.45, 7) is 2.51. The maximum absolute atomic E-state index is 6.09. The Hall–Kier alpha value is -1.65. The smallest absolute Gasteiger partial charge is 0.131 e. The highest BCUT2D eigenvalue weighted by molar-refractivity contribution is 6.31. The van der Waals surface area contributed by atoms with Gasteiger partial charge in [-0.15, -0.1) is 0 Å². The minimum Gasteiger partial charge on any atom is -0.496 e. The van der Waals surface area contributed by atoms with Gasteiger partial charge in [-0.3, -0.25) is 0 Å². The van der Waals surface area contributed by atoms with Gasteiger partial charge in [-0.25, -0.2) is 0 Å². The number of hydrogen-bond donors (Lipinski definition) is 1. The van der Waals surface area contributed by atoms with Crippen LogP contribution in [0.4, 0.5) is 0 Å². The summed E-state index contributed by atoms with van der Waals surface area (Å²) < 4.78 is 5.42. The second-order valence-corrected chi connectivity index (χ2v) is 4.69. The van der Waals surface area contributed by atoms with Crippen LogP contribution < -0.4 is 10.5 Å². The van der Waals surface area contributed by atoms with Crippen molar-refractivity contribution in [3.8, 4) is 17.0 Å². The average molecular weight is 278 g/mol. The van der Waals surface area contributed by atoms with Crippen LogP contribution in [0, 0.1) is 6.92 Å². The Bertz CT molecular complexity index is 570. The number of benzene rings is 1. The van der Waals surface area contributed by atoms with Gasteiger partial charge in [0.1, 0.15) is 5.75 Å². The minimum absolute atomic E-state index is 0.563. The Kier molecular flexibility index (Phi) is 4.35. The van der Waals surface area contributed by atoms with Gasteiger partial charge in [-0.05, 0) is 43.3 Å². The first-order valence-corrected chi connectivity index (χ1v) is 6.40. The number of nitrogens with zero attached hydrogens (tertiary/aromatic N) is 2. The summed E-state index contributed by atoms with van der Waals surface area (Å²) in [5, 5.41) is 9.02. The quantitative estimate of drug-likeness (QED) is 0.933. The van der Waals surface area contributed by atoms with E-state index in [1.165, 1.54) is 0 Å². The molecular formula is C14H16ClN3O. The van der Waals surface area contributed by atoms with Crippen molar-refractivity contribution in [2.75, 3.05) is 13.7 Å². The van der Waals surface area contributed by atoms with Crippen molar-refractivity contribution in [3.63, 3.8) is 0 Å². The van der Waals surface area contributed by atoms with Gasteiger partial charge in [0, 0.05) is 17.0 Å². The van der Waals surface area contributed by atoms with Crippen molar-refractivity contribution in [2.24, 2.45) is 5.73 Å². The molecule has 0 amide bonds. The molecule has 5 heteroatoms. The molecular weight excluding hydrogens is 262 g/mol. The Morgan fingerprint density at radius 2 is 2.05 bits per heavy atom. The molecule has 0 spiro atoms. The zero-order valence-electron chi connectivity index (χ0n) is 11.0. The Morgan fingerprint density at radius 1 is 1.26 bits per heavy atom. The standard InChI is InChI=1S/C14H16ClN3O/c1-9-7-10(15)8-12(14(9)19-2)13-4-3-11(5-6-16)17-18-13/h3-4,7-8H,5-6,16H2,1-2H3. The maximum atomic E-state index is 6.09. The van der Waals surface area contributed by atoms with Crippen molar-refractivity contribution < 1.29 is 4.74 Å². The molecule has 19 heavy (non-hydrogen) atoms. The highest BCUT2D eigenvalue weighted by Crippen LogP contribution is 2.34. The van der Waals surface area contributed by atoms with E-state index < -0.39 is 0 Å². The number of aromatic nitrogens is 2. The number of hydrogen-bond acceptors (Lipinski definition) is 4. The summed E-state index contributed by atoms with van der Waals surface area (Å²) in [6.07, 6.45) is 0.721. The third-order valence-corrected chi connectivity index (χ3v) is 3.06. The lowest BCUT2D eigenvalue weighted by molar-refractivity contribution is 0.413. The van der Waals surface area contributed by atoms with E-state index in [1.54, 1.807) is 7.11 Å². The van der Waals surface area contributed by atoms with Gasteiger partial charge in [0.05, 0.1) is 18.5 Å². The number of methoxy groups -OCH3 is 1. The summed E-state index contributed by atoms with van der Waals surface area (Å²) in [4.78, 5) is 0. The molecule has 0 aliphatic rings. The topological polar surface area (TPSA) is 61.0 Å². The minimum atomic E-state index is 0.563. The van der Waals surface area contributed by atoms with Crippen LogP contribution in [0.25, 0.3) is 11.3 Å². The molecule has 1 aromatic heterocycles. The molecule has 1 aromatic carbocycles. The summed E-state index contributed by atoms with van der Waals surface area (Å²) in [5.74, 6) is 0.769. The summed E-state index contributed by atoms with van der Waals surface area (Å²) in [7, 11) is 1.63. The van der Waals surface area contributed by atoms with Crippen LogP contribution in [0.1, 0.15) is 11.3 Å². The third-order valence-electron chi connectivity index (χ3n) is 2.84. The molecule has 4 nitrogen and oxygen atoms in total. The molecule has 0 unspecified atom stereocenters. The lowest BCUT2D eigenvalue weighted by Gasteiger charge is -2.11. The third kappa shape index (κ3) is 3.03. The fourth-order valence-electron chi connectivity index (χ4n) is 1.98. The molecule has 0 aliphatic heterocycles. The Balaban J connectivity index is 2.45. The van der Waals surface area contributed by atoms with Crippen molar-refractivity contribution in [1.82, 2.24) is 10.2 Å². The van der Waals surface area contributed by atoms with Crippen molar-refractivity contribution >= 4 is 11.6 Å². The molecule has 2 rings (SSSR count). The van der Waals surface area contributed by atoms with E-state index >= 15 is 0 Å². The van der Waals surface area contributed by atoms with Crippen LogP contribution in [0.2, 0.25) is 5.02 Å². The molecule has 0 saturated heterocycles. The van der Waals surface area contributed by atoms with Crippen LogP contribution in [0.3, 0.4) is 0 Å². The molecule has 0 aliphatic carbocycles. The second kappa shape index (κ2) is 5.99. The van der Waals surface area contributed by atoms with E-state index in [-0.39, 0.29) is 0 Å². The molecule has 0 atom stereocenters. The Labute approximate surface area is 117 Å². The fourth-order valence-corrected chi connectivity index (χ4v) is 2.25. The Morgan fingerprint density at radius 3 is 2.63 bits per heavy atom. The lowest BCUT2D eigenvalue weighted by Crippen LogP contribution is -2.05. The molecule has 2 aromatic rings. The molecule has 0 bridgehead atoms. The van der Waals surface area contributed by atoms with E-state index in [2.05, 4.69) is 10.2 Å². The largest absolute Gasteiger partial charge is 0.496 e. The molecule has 2 N–H and O–H groups in total. The van der Waals surface area contributed by atoms with Gasteiger partial charge >= 0.3 is 0 Å². The first-order valence-electron chi connectivity index (χ1n) is 6.03. The van der Waals surface area contributed by atoms with E-state index in [0.717, 1.165) is 34.7 Å². The number of nitrogens with two attached hydrogens (primary N) is 1. The fraction of sp³-hybridized carbons (Fsp3) is 0.286.